The number of benzene rings is 1. The SMILES string of the molecule is C=CCn1cc(C)nc1Nc1ccc(OCCC)cc1. The first-order chi connectivity index (χ1) is 9.72. The number of hydrogen-bond acceptors (Lipinski definition) is 3. The fourth-order valence-electron chi connectivity index (χ4n) is 1.91. The Morgan fingerprint density at radius 3 is 2.75 bits per heavy atom. The predicted molar refractivity (Wildman–Crippen MR) is 82.7 cm³/mol. The van der Waals surface area contributed by atoms with Crippen molar-refractivity contribution < 1.29 is 4.74 Å². The van der Waals surface area contributed by atoms with Crippen LogP contribution >= 0.6 is 0 Å². The van der Waals surface area contributed by atoms with Crippen LogP contribution in [-0.2, 0) is 6.54 Å². The number of aryl methyl sites for hydroxylation is 1. The van der Waals surface area contributed by atoms with Gasteiger partial charge >= 0.3 is 0 Å². The number of nitrogens with one attached hydrogen (secondary N) is 1. The third-order valence-electron chi connectivity index (χ3n) is 2.81. The van der Waals surface area contributed by atoms with E-state index in [2.05, 4.69) is 23.8 Å². The average molecular weight is 271 g/mol. The Labute approximate surface area is 120 Å². The van der Waals surface area contributed by atoms with E-state index in [-0.39, 0.29) is 0 Å². The van der Waals surface area contributed by atoms with Gasteiger partial charge in [-0.25, -0.2) is 4.98 Å². The lowest BCUT2D eigenvalue weighted by molar-refractivity contribution is 0.317. The van der Waals surface area contributed by atoms with Crippen molar-refractivity contribution in [3.8, 4) is 5.75 Å². The van der Waals surface area contributed by atoms with E-state index in [1.165, 1.54) is 0 Å². The molecule has 0 bridgehead atoms. The molecular weight excluding hydrogens is 250 g/mol. The number of hydrogen-bond donors (Lipinski definition) is 1. The Balaban J connectivity index is 2.07. The maximum atomic E-state index is 5.56. The van der Waals surface area contributed by atoms with Crippen LogP contribution in [0, 0.1) is 6.92 Å². The average Bonchev–Trinajstić information content (AvgIpc) is 2.78. The van der Waals surface area contributed by atoms with E-state index >= 15 is 0 Å². The minimum Gasteiger partial charge on any atom is -0.494 e. The molecule has 4 heteroatoms. The summed E-state index contributed by atoms with van der Waals surface area (Å²) in [5.74, 6) is 1.72. The van der Waals surface area contributed by atoms with Crippen LogP contribution in [-0.4, -0.2) is 16.2 Å². The zero-order valence-electron chi connectivity index (χ0n) is 12.1. The molecule has 0 saturated heterocycles. The minimum atomic E-state index is 0.737. The van der Waals surface area contributed by atoms with Gasteiger partial charge in [0.15, 0.2) is 0 Å². The fraction of sp³-hybridized carbons (Fsp3) is 0.312. The van der Waals surface area contributed by atoms with Gasteiger partial charge in [-0.3, -0.25) is 0 Å². The Bertz CT molecular complexity index is 558. The summed E-state index contributed by atoms with van der Waals surface area (Å²) in [4.78, 5) is 4.47. The van der Waals surface area contributed by atoms with Crippen LogP contribution in [0.15, 0.2) is 43.1 Å². The lowest BCUT2D eigenvalue weighted by atomic mass is 10.3. The summed E-state index contributed by atoms with van der Waals surface area (Å²) >= 11 is 0. The van der Waals surface area contributed by atoms with Crippen LogP contribution in [0.25, 0.3) is 0 Å². The topological polar surface area (TPSA) is 39.1 Å². The zero-order chi connectivity index (χ0) is 14.4. The summed E-state index contributed by atoms with van der Waals surface area (Å²) in [5, 5.41) is 3.31. The summed E-state index contributed by atoms with van der Waals surface area (Å²) in [5.41, 5.74) is 1.97. The lowest BCUT2D eigenvalue weighted by Crippen LogP contribution is -2.02. The van der Waals surface area contributed by atoms with Gasteiger partial charge in [-0.15, -0.1) is 6.58 Å². The van der Waals surface area contributed by atoms with Crippen LogP contribution < -0.4 is 10.1 Å². The number of nitrogens with zero attached hydrogens (tertiary/aromatic N) is 2. The smallest absolute Gasteiger partial charge is 0.207 e. The highest BCUT2D eigenvalue weighted by molar-refractivity contribution is 5.55. The first-order valence-corrected chi connectivity index (χ1v) is 6.87. The van der Waals surface area contributed by atoms with Gasteiger partial charge in [0, 0.05) is 18.4 Å². The molecule has 0 aliphatic carbocycles. The zero-order valence-corrected chi connectivity index (χ0v) is 12.1. The normalized spacial score (nSPS) is 10.3. The van der Waals surface area contributed by atoms with E-state index in [1.807, 2.05) is 48.0 Å². The van der Waals surface area contributed by atoms with E-state index < -0.39 is 0 Å². The highest BCUT2D eigenvalue weighted by Crippen LogP contribution is 2.20. The fourth-order valence-corrected chi connectivity index (χ4v) is 1.91. The second-order valence-electron chi connectivity index (χ2n) is 4.64. The van der Waals surface area contributed by atoms with Crippen molar-refractivity contribution in [1.29, 1.82) is 0 Å². The number of rotatable bonds is 7. The van der Waals surface area contributed by atoms with Gasteiger partial charge in [-0.2, -0.15) is 0 Å². The summed E-state index contributed by atoms with van der Waals surface area (Å²) in [6.07, 6.45) is 4.87. The molecule has 0 radical (unpaired) electrons. The van der Waals surface area contributed by atoms with Crippen molar-refractivity contribution in [2.24, 2.45) is 0 Å². The molecule has 2 rings (SSSR count). The van der Waals surface area contributed by atoms with Crippen LogP contribution in [0.3, 0.4) is 0 Å². The van der Waals surface area contributed by atoms with E-state index in [1.54, 1.807) is 0 Å². The van der Waals surface area contributed by atoms with Crippen molar-refractivity contribution in [1.82, 2.24) is 9.55 Å². The first kappa shape index (κ1) is 14.2. The molecule has 0 fully saturated rings. The second-order valence-corrected chi connectivity index (χ2v) is 4.64. The van der Waals surface area contributed by atoms with Crippen molar-refractivity contribution in [2.45, 2.75) is 26.8 Å². The summed E-state index contributed by atoms with van der Waals surface area (Å²) in [6, 6.07) is 7.91. The van der Waals surface area contributed by atoms with Crippen molar-refractivity contribution >= 4 is 11.6 Å². The molecule has 0 amide bonds. The largest absolute Gasteiger partial charge is 0.494 e. The van der Waals surface area contributed by atoms with Gasteiger partial charge in [0.05, 0.1) is 12.3 Å². The number of imidazole rings is 1. The molecule has 2 aromatic rings. The maximum absolute atomic E-state index is 5.56. The highest BCUT2D eigenvalue weighted by Gasteiger charge is 2.04. The maximum Gasteiger partial charge on any atom is 0.207 e. The van der Waals surface area contributed by atoms with Gasteiger partial charge in [0.2, 0.25) is 5.95 Å². The van der Waals surface area contributed by atoms with E-state index in [0.717, 1.165) is 42.7 Å². The Morgan fingerprint density at radius 2 is 2.10 bits per heavy atom. The highest BCUT2D eigenvalue weighted by atomic mass is 16.5. The molecule has 0 atom stereocenters. The van der Waals surface area contributed by atoms with Gasteiger partial charge in [-0.05, 0) is 37.6 Å². The second kappa shape index (κ2) is 6.80. The van der Waals surface area contributed by atoms with E-state index in [4.69, 9.17) is 4.74 Å². The molecule has 1 aromatic carbocycles. The van der Waals surface area contributed by atoms with E-state index in [0.29, 0.717) is 0 Å². The van der Waals surface area contributed by atoms with Gasteiger partial charge in [-0.1, -0.05) is 13.0 Å². The van der Waals surface area contributed by atoms with Crippen molar-refractivity contribution in [3.63, 3.8) is 0 Å². The molecular formula is C16H21N3O. The standard InChI is InChI=1S/C16H21N3O/c1-4-10-19-12-13(3)17-16(19)18-14-6-8-15(9-7-14)20-11-5-2/h4,6-9,12H,1,5,10-11H2,2-3H3,(H,17,18). The first-order valence-electron chi connectivity index (χ1n) is 6.87. The van der Waals surface area contributed by atoms with Crippen LogP contribution in [0.2, 0.25) is 0 Å². The molecule has 1 aromatic heterocycles. The molecule has 0 aliphatic rings. The molecule has 0 unspecified atom stereocenters. The Hall–Kier alpha value is -2.23. The summed E-state index contributed by atoms with van der Waals surface area (Å²) < 4.78 is 7.60. The summed E-state index contributed by atoms with van der Waals surface area (Å²) in [7, 11) is 0. The van der Waals surface area contributed by atoms with Gasteiger partial charge in [0.25, 0.3) is 0 Å². The summed E-state index contributed by atoms with van der Waals surface area (Å²) in [6.45, 7) is 9.32. The quantitative estimate of drug-likeness (QED) is 0.776. The third kappa shape index (κ3) is 3.63. The number of allylic oxidation sites excluding steroid dienone is 1. The van der Waals surface area contributed by atoms with E-state index in [9.17, 15) is 0 Å². The van der Waals surface area contributed by atoms with Gasteiger partial charge < -0.3 is 14.6 Å². The third-order valence-corrected chi connectivity index (χ3v) is 2.81. The molecule has 0 saturated carbocycles. The molecule has 1 heterocycles. The van der Waals surface area contributed by atoms with Gasteiger partial charge in [0.1, 0.15) is 5.75 Å². The van der Waals surface area contributed by atoms with Crippen LogP contribution in [0.4, 0.5) is 11.6 Å². The van der Waals surface area contributed by atoms with Crippen LogP contribution in [0.5, 0.6) is 5.75 Å². The molecule has 20 heavy (non-hydrogen) atoms. The minimum absolute atomic E-state index is 0.737. The predicted octanol–water partition coefficient (Wildman–Crippen LogP) is 3.91. The Morgan fingerprint density at radius 1 is 1.35 bits per heavy atom. The lowest BCUT2D eigenvalue weighted by Gasteiger charge is -2.09. The van der Waals surface area contributed by atoms with Crippen LogP contribution in [0.1, 0.15) is 19.0 Å². The monoisotopic (exact) mass is 271 g/mol. The number of anilines is 2. The number of ether oxygens (including phenoxy) is 1. The Kier molecular flexibility index (Phi) is 4.82. The molecule has 106 valence electrons. The van der Waals surface area contributed by atoms with Crippen molar-refractivity contribution in [2.75, 3.05) is 11.9 Å². The number of aromatic nitrogens is 2. The molecule has 0 spiro atoms. The molecule has 1 N–H and O–H groups in total. The molecule has 0 aliphatic heterocycles. The molecule has 4 nitrogen and oxygen atoms in total. The van der Waals surface area contributed by atoms with Crippen molar-refractivity contribution in [3.05, 3.63) is 48.8 Å².